The van der Waals surface area contributed by atoms with Crippen molar-refractivity contribution in [1.29, 1.82) is 0 Å². The number of rotatable bonds is 3. The predicted molar refractivity (Wildman–Crippen MR) is 74.6 cm³/mol. The van der Waals surface area contributed by atoms with Crippen LogP contribution in [0.2, 0.25) is 0 Å². The monoisotopic (exact) mass is 301 g/mol. The largest absolute Gasteiger partial charge is 0.495 e. The fraction of sp³-hybridized carbons (Fsp3) is 0.500. The third-order valence-corrected chi connectivity index (χ3v) is 4.57. The van der Waals surface area contributed by atoms with Crippen LogP contribution >= 0.6 is 27.7 Å². The molecule has 0 amide bonds. The maximum atomic E-state index is 5.35. The van der Waals surface area contributed by atoms with E-state index in [1.807, 2.05) is 23.9 Å². The van der Waals surface area contributed by atoms with Crippen molar-refractivity contribution >= 4 is 33.4 Å². The molecule has 2 atom stereocenters. The molecular weight excluding hydrogens is 286 g/mol. The van der Waals surface area contributed by atoms with Crippen LogP contribution < -0.4 is 10.1 Å². The number of anilines is 1. The van der Waals surface area contributed by atoms with Crippen molar-refractivity contribution in [3.63, 3.8) is 0 Å². The summed E-state index contributed by atoms with van der Waals surface area (Å²) in [5, 5.41) is 4.32. The molecule has 88 valence electrons. The molecule has 2 unspecified atom stereocenters. The molecular formula is C12H16BrNOS. The van der Waals surface area contributed by atoms with Crippen LogP contribution in [0.4, 0.5) is 5.69 Å². The van der Waals surface area contributed by atoms with E-state index in [2.05, 4.69) is 34.2 Å². The summed E-state index contributed by atoms with van der Waals surface area (Å²) in [4.78, 5) is 0. The third-order valence-electron chi connectivity index (χ3n) is 2.72. The first kappa shape index (κ1) is 12.1. The zero-order valence-corrected chi connectivity index (χ0v) is 11.9. The van der Waals surface area contributed by atoms with Crippen molar-refractivity contribution in [2.24, 2.45) is 0 Å². The van der Waals surface area contributed by atoms with E-state index < -0.39 is 0 Å². The van der Waals surface area contributed by atoms with Crippen molar-refractivity contribution < 1.29 is 4.74 Å². The molecule has 1 aliphatic heterocycles. The van der Waals surface area contributed by atoms with Crippen molar-refractivity contribution in [3.8, 4) is 5.75 Å². The average Bonchev–Trinajstić information content (AvgIpc) is 2.64. The first-order valence-electron chi connectivity index (χ1n) is 5.40. The Balaban J connectivity index is 2.10. The number of ether oxygens (including phenoxy) is 1. The maximum absolute atomic E-state index is 5.35. The third kappa shape index (κ3) is 2.86. The standard InChI is InChI=1S/C12H16BrNOS/c1-8-5-10(7-16-8)14-11-6-9(13)3-4-12(11)15-2/h3-4,6,8,10,14H,5,7H2,1-2H3. The van der Waals surface area contributed by atoms with Gasteiger partial charge in [0.15, 0.2) is 0 Å². The number of benzene rings is 1. The van der Waals surface area contributed by atoms with Gasteiger partial charge in [-0.25, -0.2) is 0 Å². The van der Waals surface area contributed by atoms with Crippen molar-refractivity contribution in [3.05, 3.63) is 22.7 Å². The minimum absolute atomic E-state index is 0.559. The highest BCUT2D eigenvalue weighted by Gasteiger charge is 2.22. The van der Waals surface area contributed by atoms with Gasteiger partial charge >= 0.3 is 0 Å². The summed E-state index contributed by atoms with van der Waals surface area (Å²) < 4.78 is 6.43. The second kappa shape index (κ2) is 5.32. The summed E-state index contributed by atoms with van der Waals surface area (Å²) in [7, 11) is 1.71. The average molecular weight is 302 g/mol. The van der Waals surface area contributed by atoms with E-state index in [9.17, 15) is 0 Å². The van der Waals surface area contributed by atoms with E-state index in [4.69, 9.17) is 4.74 Å². The van der Waals surface area contributed by atoms with Gasteiger partial charge in [0.1, 0.15) is 5.75 Å². The van der Waals surface area contributed by atoms with Gasteiger partial charge in [-0.1, -0.05) is 22.9 Å². The van der Waals surface area contributed by atoms with Crippen molar-refractivity contribution in [2.45, 2.75) is 24.6 Å². The summed E-state index contributed by atoms with van der Waals surface area (Å²) in [5.41, 5.74) is 1.08. The summed E-state index contributed by atoms with van der Waals surface area (Å²) in [6.45, 7) is 2.28. The van der Waals surface area contributed by atoms with Gasteiger partial charge in [-0.3, -0.25) is 0 Å². The Kier molecular flexibility index (Phi) is 4.03. The van der Waals surface area contributed by atoms with Crippen LogP contribution in [-0.4, -0.2) is 24.2 Å². The molecule has 0 saturated carbocycles. The molecule has 4 heteroatoms. The highest BCUT2D eigenvalue weighted by molar-refractivity contribution is 9.10. The Bertz CT molecular complexity index is 372. The molecule has 0 spiro atoms. The maximum Gasteiger partial charge on any atom is 0.142 e. The fourth-order valence-corrected chi connectivity index (χ4v) is 3.44. The molecule has 0 aliphatic carbocycles. The molecule has 0 radical (unpaired) electrons. The van der Waals surface area contributed by atoms with Gasteiger partial charge in [0.25, 0.3) is 0 Å². The second-order valence-electron chi connectivity index (χ2n) is 4.07. The molecule has 1 aliphatic rings. The van der Waals surface area contributed by atoms with E-state index in [0.717, 1.165) is 21.2 Å². The number of hydrogen-bond donors (Lipinski definition) is 1. The zero-order chi connectivity index (χ0) is 11.5. The van der Waals surface area contributed by atoms with E-state index in [-0.39, 0.29) is 0 Å². The minimum atomic E-state index is 0.559. The Hall–Kier alpha value is -0.350. The van der Waals surface area contributed by atoms with Gasteiger partial charge in [0.05, 0.1) is 12.8 Å². The molecule has 1 aromatic rings. The van der Waals surface area contributed by atoms with Crippen LogP contribution in [-0.2, 0) is 0 Å². The van der Waals surface area contributed by atoms with Gasteiger partial charge in [0.2, 0.25) is 0 Å². The number of halogens is 1. The smallest absolute Gasteiger partial charge is 0.142 e. The zero-order valence-electron chi connectivity index (χ0n) is 9.50. The van der Waals surface area contributed by atoms with Crippen LogP contribution in [0.3, 0.4) is 0 Å². The van der Waals surface area contributed by atoms with Crippen LogP contribution in [0.25, 0.3) is 0 Å². The number of methoxy groups -OCH3 is 1. The fourth-order valence-electron chi connectivity index (χ4n) is 1.93. The summed E-state index contributed by atoms with van der Waals surface area (Å²) >= 11 is 5.51. The molecule has 1 heterocycles. The van der Waals surface area contributed by atoms with Gasteiger partial charge in [-0.05, 0) is 24.6 Å². The molecule has 2 rings (SSSR count). The van der Waals surface area contributed by atoms with E-state index in [1.54, 1.807) is 7.11 Å². The van der Waals surface area contributed by atoms with Crippen LogP contribution in [0.1, 0.15) is 13.3 Å². The molecule has 2 nitrogen and oxygen atoms in total. The lowest BCUT2D eigenvalue weighted by Crippen LogP contribution is -2.19. The Morgan fingerprint density at radius 3 is 2.94 bits per heavy atom. The van der Waals surface area contributed by atoms with Crippen LogP contribution in [0.15, 0.2) is 22.7 Å². The normalized spacial score (nSPS) is 24.4. The number of thioether (sulfide) groups is 1. The van der Waals surface area contributed by atoms with Crippen molar-refractivity contribution in [1.82, 2.24) is 0 Å². The Morgan fingerprint density at radius 1 is 1.50 bits per heavy atom. The van der Waals surface area contributed by atoms with Crippen LogP contribution in [0, 0.1) is 0 Å². The van der Waals surface area contributed by atoms with Gasteiger partial charge < -0.3 is 10.1 Å². The van der Waals surface area contributed by atoms with Gasteiger partial charge in [-0.15, -0.1) is 0 Å². The highest BCUT2D eigenvalue weighted by Crippen LogP contribution is 2.33. The Labute approximate surface area is 109 Å². The van der Waals surface area contributed by atoms with Crippen molar-refractivity contribution in [2.75, 3.05) is 18.2 Å². The molecule has 0 bridgehead atoms. The minimum Gasteiger partial charge on any atom is -0.495 e. The number of hydrogen-bond acceptors (Lipinski definition) is 3. The quantitative estimate of drug-likeness (QED) is 0.918. The lowest BCUT2D eigenvalue weighted by Gasteiger charge is -2.16. The number of nitrogens with one attached hydrogen (secondary N) is 1. The second-order valence-corrected chi connectivity index (χ2v) is 6.45. The predicted octanol–water partition coefficient (Wildman–Crippen LogP) is 3.76. The molecule has 1 fully saturated rings. The topological polar surface area (TPSA) is 21.3 Å². The summed E-state index contributed by atoms with van der Waals surface area (Å²) in [6.07, 6.45) is 1.22. The first-order valence-corrected chi connectivity index (χ1v) is 7.25. The molecule has 1 N–H and O–H groups in total. The van der Waals surface area contributed by atoms with E-state index >= 15 is 0 Å². The van der Waals surface area contributed by atoms with Gasteiger partial charge in [-0.2, -0.15) is 11.8 Å². The van der Waals surface area contributed by atoms with E-state index in [1.165, 1.54) is 12.2 Å². The lowest BCUT2D eigenvalue weighted by molar-refractivity contribution is 0.416. The summed E-state index contributed by atoms with van der Waals surface area (Å²) in [5.74, 6) is 2.09. The lowest BCUT2D eigenvalue weighted by atomic mass is 10.2. The van der Waals surface area contributed by atoms with E-state index in [0.29, 0.717) is 6.04 Å². The molecule has 1 aromatic carbocycles. The highest BCUT2D eigenvalue weighted by atomic mass is 79.9. The molecule has 16 heavy (non-hydrogen) atoms. The van der Waals surface area contributed by atoms with Gasteiger partial charge in [0, 0.05) is 21.5 Å². The molecule has 0 aromatic heterocycles. The Morgan fingerprint density at radius 2 is 2.31 bits per heavy atom. The molecule has 1 saturated heterocycles. The van der Waals surface area contributed by atoms with Crippen LogP contribution in [0.5, 0.6) is 5.75 Å². The SMILES string of the molecule is COc1ccc(Br)cc1NC1CSC(C)C1. The first-order chi connectivity index (χ1) is 7.69. The summed E-state index contributed by atoms with van der Waals surface area (Å²) in [6, 6.07) is 6.61.